The number of amides is 1. The van der Waals surface area contributed by atoms with E-state index in [1.165, 1.54) is 25.5 Å². The summed E-state index contributed by atoms with van der Waals surface area (Å²) in [5.74, 6) is 0.908. The van der Waals surface area contributed by atoms with Gasteiger partial charge in [-0.25, -0.2) is 0 Å². The molecule has 0 spiro atoms. The molecule has 25 heavy (non-hydrogen) atoms. The molecule has 1 heterocycles. The highest BCUT2D eigenvalue weighted by Gasteiger charge is 2.36. The number of hydrogen-bond acceptors (Lipinski definition) is 4. The normalized spacial score (nSPS) is 16.2. The van der Waals surface area contributed by atoms with E-state index in [1.54, 1.807) is 19.2 Å². The fourth-order valence-electron chi connectivity index (χ4n) is 2.92. The second-order valence-electron chi connectivity index (χ2n) is 6.45. The van der Waals surface area contributed by atoms with Crippen molar-refractivity contribution in [1.29, 1.82) is 0 Å². The van der Waals surface area contributed by atoms with E-state index in [-0.39, 0.29) is 5.91 Å². The first-order valence-corrected chi connectivity index (χ1v) is 9.02. The number of nitrogens with one attached hydrogen (secondary N) is 3. The summed E-state index contributed by atoms with van der Waals surface area (Å²) in [7, 11) is 1.75. The molecule has 0 bridgehead atoms. The van der Waals surface area contributed by atoms with Crippen molar-refractivity contribution in [3.8, 4) is 0 Å². The number of rotatable bonds is 10. The summed E-state index contributed by atoms with van der Waals surface area (Å²) in [4.78, 5) is 16.5. The first kappa shape index (κ1) is 19.3. The summed E-state index contributed by atoms with van der Waals surface area (Å²) in [5, 5.41) is 9.32. The Labute approximate surface area is 149 Å². The van der Waals surface area contributed by atoms with Crippen LogP contribution in [0.1, 0.15) is 43.2 Å². The topological polar surface area (TPSA) is 87.9 Å². The number of carbonyl (C=O) groups is 1. The Morgan fingerprint density at radius 1 is 1.32 bits per heavy atom. The van der Waals surface area contributed by atoms with Crippen LogP contribution in [-0.4, -0.2) is 51.8 Å². The minimum absolute atomic E-state index is 0.207. The largest absolute Gasteiger partial charge is 0.459 e. The van der Waals surface area contributed by atoms with Crippen molar-refractivity contribution >= 4 is 11.9 Å². The van der Waals surface area contributed by atoms with E-state index in [4.69, 9.17) is 14.1 Å². The number of aliphatic imine (C=N–C) groups is 1. The predicted octanol–water partition coefficient (Wildman–Crippen LogP) is 1.77. The molecule has 0 radical (unpaired) electrons. The second kappa shape index (κ2) is 10.1. The van der Waals surface area contributed by atoms with Crippen LogP contribution in [0.15, 0.2) is 27.8 Å². The first-order valence-electron chi connectivity index (χ1n) is 9.02. The van der Waals surface area contributed by atoms with Crippen LogP contribution in [0.5, 0.6) is 0 Å². The highest BCUT2D eigenvalue weighted by atomic mass is 16.5. The van der Waals surface area contributed by atoms with E-state index in [0.717, 1.165) is 32.1 Å². The van der Waals surface area contributed by atoms with Gasteiger partial charge in [0.2, 0.25) is 0 Å². The van der Waals surface area contributed by atoms with Gasteiger partial charge < -0.3 is 25.1 Å². The van der Waals surface area contributed by atoms with Gasteiger partial charge in [0.15, 0.2) is 11.7 Å². The maximum absolute atomic E-state index is 11.8. The molecular formula is C18H30N4O3. The van der Waals surface area contributed by atoms with Gasteiger partial charge in [0, 0.05) is 39.9 Å². The van der Waals surface area contributed by atoms with Gasteiger partial charge in [-0.1, -0.05) is 6.42 Å². The third kappa shape index (κ3) is 6.08. The maximum Gasteiger partial charge on any atom is 0.287 e. The quantitative estimate of drug-likeness (QED) is 0.340. The standard InChI is InChI=1S/C18H30N4O3/c1-3-19-17(22-14-18(7-5-8-18)9-13-24-2)21-11-10-20-16(23)15-6-4-12-25-15/h4,6,12H,3,5,7-11,13-14H2,1-2H3,(H,20,23)(H2,19,21,22). The van der Waals surface area contributed by atoms with Crippen molar-refractivity contribution in [3.63, 3.8) is 0 Å². The lowest BCUT2D eigenvalue weighted by Gasteiger charge is -2.40. The van der Waals surface area contributed by atoms with Crippen LogP contribution in [0.2, 0.25) is 0 Å². The molecule has 1 saturated carbocycles. The van der Waals surface area contributed by atoms with Gasteiger partial charge in [0.25, 0.3) is 5.91 Å². The lowest BCUT2D eigenvalue weighted by atomic mass is 9.67. The van der Waals surface area contributed by atoms with Gasteiger partial charge in [0.1, 0.15) is 0 Å². The number of nitrogens with zero attached hydrogens (tertiary/aromatic N) is 1. The smallest absolute Gasteiger partial charge is 0.287 e. The number of methoxy groups -OCH3 is 1. The summed E-state index contributed by atoms with van der Waals surface area (Å²) in [6, 6.07) is 3.34. The van der Waals surface area contributed by atoms with E-state index in [0.29, 0.717) is 24.3 Å². The minimum atomic E-state index is -0.207. The van der Waals surface area contributed by atoms with Gasteiger partial charge in [-0.05, 0) is 43.7 Å². The molecule has 1 aliphatic carbocycles. The molecule has 7 nitrogen and oxygen atoms in total. The van der Waals surface area contributed by atoms with Gasteiger partial charge >= 0.3 is 0 Å². The van der Waals surface area contributed by atoms with Crippen LogP contribution in [0, 0.1) is 5.41 Å². The molecule has 2 rings (SSSR count). The number of carbonyl (C=O) groups excluding carboxylic acids is 1. The molecule has 0 aliphatic heterocycles. The lowest BCUT2D eigenvalue weighted by molar-refractivity contribution is 0.0778. The van der Waals surface area contributed by atoms with Crippen LogP contribution >= 0.6 is 0 Å². The third-order valence-corrected chi connectivity index (χ3v) is 4.62. The van der Waals surface area contributed by atoms with E-state index >= 15 is 0 Å². The van der Waals surface area contributed by atoms with E-state index in [1.807, 2.05) is 6.92 Å². The molecule has 0 aromatic carbocycles. The molecule has 1 aromatic rings. The van der Waals surface area contributed by atoms with Crippen molar-refractivity contribution < 1.29 is 13.9 Å². The van der Waals surface area contributed by atoms with Gasteiger partial charge in [-0.15, -0.1) is 0 Å². The molecule has 3 N–H and O–H groups in total. The molecular weight excluding hydrogens is 320 g/mol. The van der Waals surface area contributed by atoms with Crippen LogP contribution in [0.25, 0.3) is 0 Å². The van der Waals surface area contributed by atoms with Crippen molar-refractivity contribution in [2.24, 2.45) is 10.4 Å². The fraction of sp³-hybridized carbons (Fsp3) is 0.667. The Balaban J connectivity index is 1.74. The van der Waals surface area contributed by atoms with E-state index in [9.17, 15) is 4.79 Å². The van der Waals surface area contributed by atoms with Crippen molar-refractivity contribution in [2.45, 2.75) is 32.6 Å². The highest BCUT2D eigenvalue weighted by Crippen LogP contribution is 2.44. The summed E-state index contributed by atoms with van der Waals surface area (Å²) in [6.45, 7) is 5.54. The zero-order chi connectivity index (χ0) is 18.0. The Kier molecular flexibility index (Phi) is 7.78. The summed E-state index contributed by atoms with van der Waals surface area (Å²) in [6.07, 6.45) is 6.27. The molecule has 1 aliphatic rings. The van der Waals surface area contributed by atoms with Gasteiger partial charge in [-0.2, -0.15) is 0 Å². The van der Waals surface area contributed by atoms with Crippen molar-refractivity contribution in [1.82, 2.24) is 16.0 Å². The second-order valence-corrected chi connectivity index (χ2v) is 6.45. The van der Waals surface area contributed by atoms with Gasteiger partial charge in [0.05, 0.1) is 6.26 Å². The predicted molar refractivity (Wildman–Crippen MR) is 97.8 cm³/mol. The monoisotopic (exact) mass is 350 g/mol. The summed E-state index contributed by atoms with van der Waals surface area (Å²) < 4.78 is 10.3. The van der Waals surface area contributed by atoms with Crippen LogP contribution in [0.4, 0.5) is 0 Å². The first-order chi connectivity index (χ1) is 12.2. The Hall–Kier alpha value is -2.02. The fourth-order valence-corrected chi connectivity index (χ4v) is 2.92. The highest BCUT2D eigenvalue weighted by molar-refractivity contribution is 5.91. The molecule has 0 unspecified atom stereocenters. The molecule has 1 aromatic heterocycles. The zero-order valence-electron chi connectivity index (χ0n) is 15.3. The van der Waals surface area contributed by atoms with Crippen LogP contribution < -0.4 is 16.0 Å². The molecule has 0 atom stereocenters. The van der Waals surface area contributed by atoms with Crippen molar-refractivity contribution in [3.05, 3.63) is 24.2 Å². The van der Waals surface area contributed by atoms with E-state index < -0.39 is 0 Å². The summed E-state index contributed by atoms with van der Waals surface area (Å²) in [5.41, 5.74) is 0.297. The minimum Gasteiger partial charge on any atom is -0.459 e. The third-order valence-electron chi connectivity index (χ3n) is 4.62. The number of hydrogen-bond donors (Lipinski definition) is 3. The van der Waals surface area contributed by atoms with Gasteiger partial charge in [-0.3, -0.25) is 9.79 Å². The van der Waals surface area contributed by atoms with Crippen LogP contribution in [-0.2, 0) is 4.74 Å². The average Bonchev–Trinajstić information content (AvgIpc) is 3.11. The number of furan rings is 1. The molecule has 0 saturated heterocycles. The molecule has 1 amide bonds. The Morgan fingerprint density at radius 3 is 2.72 bits per heavy atom. The zero-order valence-corrected chi connectivity index (χ0v) is 15.3. The maximum atomic E-state index is 11.8. The molecule has 140 valence electrons. The van der Waals surface area contributed by atoms with E-state index in [2.05, 4.69) is 16.0 Å². The Bertz CT molecular complexity index is 539. The molecule has 1 fully saturated rings. The van der Waals surface area contributed by atoms with Crippen LogP contribution in [0.3, 0.4) is 0 Å². The molecule has 7 heteroatoms. The van der Waals surface area contributed by atoms with Crippen molar-refractivity contribution in [2.75, 3.05) is 39.9 Å². The average molecular weight is 350 g/mol. The summed E-state index contributed by atoms with van der Waals surface area (Å²) >= 11 is 0. The SMILES string of the molecule is CCNC(=NCC1(CCOC)CCC1)NCCNC(=O)c1ccco1. The number of guanidine groups is 1. The lowest BCUT2D eigenvalue weighted by Crippen LogP contribution is -2.43. The number of ether oxygens (including phenoxy) is 1. The Morgan fingerprint density at radius 2 is 2.12 bits per heavy atom.